The van der Waals surface area contributed by atoms with Gasteiger partial charge in [0.25, 0.3) is 0 Å². The largest absolute Gasteiger partial charge is 0.456 e. The van der Waals surface area contributed by atoms with Crippen molar-refractivity contribution in [3.8, 4) is 17.4 Å². The van der Waals surface area contributed by atoms with Crippen molar-refractivity contribution in [3.63, 3.8) is 0 Å². The average molecular weight is 406 g/mol. The first kappa shape index (κ1) is 21.0. The van der Waals surface area contributed by atoms with Gasteiger partial charge in [0.05, 0.1) is 0 Å². The first-order valence-electron chi connectivity index (χ1n) is 9.98. The monoisotopic (exact) mass is 405 g/mol. The van der Waals surface area contributed by atoms with Gasteiger partial charge in [-0.1, -0.05) is 32.0 Å². The molecule has 0 atom stereocenters. The lowest BCUT2D eigenvalue weighted by Crippen LogP contribution is -2.24. The van der Waals surface area contributed by atoms with E-state index in [0.29, 0.717) is 10.7 Å². The van der Waals surface area contributed by atoms with Gasteiger partial charge in [0.15, 0.2) is 0 Å². The Kier molecular flexibility index (Phi) is 7.03. The molecule has 0 radical (unpaired) electrons. The Morgan fingerprint density at radius 1 is 1.03 bits per heavy atom. The van der Waals surface area contributed by atoms with E-state index in [2.05, 4.69) is 61.2 Å². The molecule has 0 aliphatic heterocycles. The predicted octanol–water partition coefficient (Wildman–Crippen LogP) is 6.59. The summed E-state index contributed by atoms with van der Waals surface area (Å²) in [5.74, 6) is 1.45. The summed E-state index contributed by atoms with van der Waals surface area (Å²) in [6.07, 6.45) is 2.28. The van der Waals surface area contributed by atoms with Crippen LogP contribution in [0.15, 0.2) is 57.9 Å². The number of furan rings is 1. The van der Waals surface area contributed by atoms with E-state index in [4.69, 9.17) is 9.56 Å². The minimum Gasteiger partial charge on any atom is -0.456 e. The number of hydrogen-bond donors (Lipinski definition) is 1. The Morgan fingerprint density at radius 2 is 1.72 bits per heavy atom. The van der Waals surface area contributed by atoms with Crippen LogP contribution in [0.4, 0.5) is 5.69 Å². The molecule has 0 spiro atoms. The van der Waals surface area contributed by atoms with Gasteiger partial charge in [-0.3, -0.25) is 5.14 Å². The van der Waals surface area contributed by atoms with Crippen LogP contribution in [-0.2, 0) is 0 Å². The second-order valence-corrected chi connectivity index (χ2v) is 7.72. The minimum absolute atomic E-state index is 0.459. The molecule has 0 unspecified atom stereocenters. The number of fused-ring (bicyclic) bond motifs is 1. The lowest BCUT2D eigenvalue weighted by Gasteiger charge is -2.24. The number of benzene rings is 2. The quantitative estimate of drug-likeness (QED) is 0.338. The normalized spacial score (nSPS) is 12.0. The van der Waals surface area contributed by atoms with Gasteiger partial charge in [0.2, 0.25) is 0 Å². The number of nitrogens with two attached hydrogens (primary N) is 1. The Labute approximate surface area is 177 Å². The van der Waals surface area contributed by atoms with E-state index in [1.54, 1.807) is 0 Å². The summed E-state index contributed by atoms with van der Waals surface area (Å²) in [5, 5.41) is 17.1. The third kappa shape index (κ3) is 4.67. The standard InChI is InChI=1S/C24H27N3OS/c1-4-12-27(13-5-2)21-9-8-18-14-20(7-6-19(18)15-21)23-11-10-22(28-23)17(3)24(16-25)29-26/h6-11,14-15H,4-5,12-13,26H2,1-3H3/b24-17+. The van der Waals surface area contributed by atoms with E-state index in [-0.39, 0.29) is 0 Å². The fraction of sp³-hybridized carbons (Fsp3) is 0.292. The maximum Gasteiger partial charge on any atom is 0.134 e. The van der Waals surface area contributed by atoms with Crippen LogP contribution < -0.4 is 10.0 Å². The van der Waals surface area contributed by atoms with Crippen molar-refractivity contribution >= 4 is 34.0 Å². The Balaban J connectivity index is 1.92. The van der Waals surface area contributed by atoms with Crippen molar-refractivity contribution in [1.29, 1.82) is 5.26 Å². The first-order valence-corrected chi connectivity index (χ1v) is 10.9. The third-order valence-corrected chi connectivity index (χ3v) is 5.63. The molecule has 4 nitrogen and oxygen atoms in total. The summed E-state index contributed by atoms with van der Waals surface area (Å²) < 4.78 is 6.00. The van der Waals surface area contributed by atoms with Crippen LogP contribution in [0.25, 0.3) is 27.7 Å². The summed E-state index contributed by atoms with van der Waals surface area (Å²) in [7, 11) is 0. The molecule has 0 saturated heterocycles. The molecule has 0 aliphatic rings. The van der Waals surface area contributed by atoms with Crippen LogP contribution in [0.2, 0.25) is 0 Å². The summed E-state index contributed by atoms with van der Waals surface area (Å²) in [6, 6.07) is 19.0. The number of nitrogens with zero attached hydrogens (tertiary/aromatic N) is 2. The van der Waals surface area contributed by atoms with Crippen molar-refractivity contribution < 1.29 is 4.42 Å². The summed E-state index contributed by atoms with van der Waals surface area (Å²) in [4.78, 5) is 2.91. The molecule has 0 fully saturated rings. The molecular weight excluding hydrogens is 378 g/mol. The lowest BCUT2D eigenvalue weighted by atomic mass is 10.0. The molecule has 1 aromatic heterocycles. The molecule has 1 heterocycles. The second-order valence-electron chi connectivity index (χ2n) is 7.08. The van der Waals surface area contributed by atoms with Crippen LogP contribution in [0.3, 0.4) is 0 Å². The Hall–Kier alpha value is -2.68. The van der Waals surface area contributed by atoms with Crippen molar-refractivity contribution in [1.82, 2.24) is 0 Å². The van der Waals surface area contributed by atoms with E-state index in [1.165, 1.54) is 16.5 Å². The van der Waals surface area contributed by atoms with E-state index < -0.39 is 0 Å². The number of anilines is 1. The Morgan fingerprint density at radius 3 is 2.38 bits per heavy atom. The van der Waals surface area contributed by atoms with Crippen LogP contribution >= 0.6 is 11.9 Å². The number of rotatable bonds is 8. The second kappa shape index (κ2) is 9.69. The predicted molar refractivity (Wildman–Crippen MR) is 124 cm³/mol. The third-order valence-electron chi connectivity index (χ3n) is 5.00. The molecule has 150 valence electrons. The van der Waals surface area contributed by atoms with E-state index in [9.17, 15) is 5.26 Å². The molecule has 0 saturated carbocycles. The zero-order valence-electron chi connectivity index (χ0n) is 17.2. The SMILES string of the molecule is CCCN(CCC)c1ccc2cc(-c3ccc(/C(C)=C(\C#N)SN)o3)ccc2c1. The Bertz CT molecular complexity index is 1060. The molecule has 2 aromatic carbocycles. The lowest BCUT2D eigenvalue weighted by molar-refractivity contribution is 0.567. The van der Waals surface area contributed by atoms with Crippen molar-refractivity contribution in [2.75, 3.05) is 18.0 Å². The summed E-state index contributed by atoms with van der Waals surface area (Å²) in [5.41, 5.74) is 3.05. The highest BCUT2D eigenvalue weighted by molar-refractivity contribution is 8.01. The highest BCUT2D eigenvalue weighted by Crippen LogP contribution is 2.32. The van der Waals surface area contributed by atoms with Crippen LogP contribution in [0.1, 0.15) is 39.4 Å². The van der Waals surface area contributed by atoms with Gasteiger partial charge in [-0.25, -0.2) is 0 Å². The number of nitriles is 1. The number of allylic oxidation sites excluding steroid dienone is 2. The van der Waals surface area contributed by atoms with Gasteiger partial charge >= 0.3 is 0 Å². The summed E-state index contributed by atoms with van der Waals surface area (Å²) >= 11 is 0.945. The van der Waals surface area contributed by atoms with Crippen molar-refractivity contribution in [3.05, 3.63) is 59.2 Å². The molecule has 0 bridgehead atoms. The number of hydrogen-bond acceptors (Lipinski definition) is 5. The molecule has 3 rings (SSSR count). The zero-order chi connectivity index (χ0) is 20.8. The molecule has 29 heavy (non-hydrogen) atoms. The smallest absolute Gasteiger partial charge is 0.134 e. The highest BCUT2D eigenvalue weighted by Gasteiger charge is 2.11. The van der Waals surface area contributed by atoms with Gasteiger partial charge in [-0.05, 0) is 72.8 Å². The fourth-order valence-corrected chi connectivity index (χ4v) is 3.83. The van der Waals surface area contributed by atoms with Crippen molar-refractivity contribution in [2.24, 2.45) is 5.14 Å². The molecule has 0 aliphatic carbocycles. The van der Waals surface area contributed by atoms with Gasteiger partial charge in [-0.2, -0.15) is 5.26 Å². The van der Waals surface area contributed by atoms with E-state index in [0.717, 1.165) is 54.8 Å². The van der Waals surface area contributed by atoms with Gasteiger partial charge in [0, 0.05) is 29.9 Å². The zero-order valence-corrected chi connectivity index (χ0v) is 18.1. The van der Waals surface area contributed by atoms with Crippen LogP contribution in [-0.4, -0.2) is 13.1 Å². The maximum absolute atomic E-state index is 9.17. The van der Waals surface area contributed by atoms with E-state index >= 15 is 0 Å². The topological polar surface area (TPSA) is 66.2 Å². The van der Waals surface area contributed by atoms with E-state index in [1.807, 2.05) is 19.1 Å². The molecule has 3 aromatic rings. The first-order chi connectivity index (χ1) is 14.1. The fourth-order valence-electron chi connectivity index (χ4n) is 3.50. The highest BCUT2D eigenvalue weighted by atomic mass is 32.2. The molecular formula is C24H27N3OS. The maximum atomic E-state index is 9.17. The molecule has 0 amide bonds. The van der Waals surface area contributed by atoms with Gasteiger partial charge in [0.1, 0.15) is 22.5 Å². The molecule has 5 heteroatoms. The van der Waals surface area contributed by atoms with Gasteiger partial charge in [-0.15, -0.1) is 0 Å². The molecule has 2 N–H and O–H groups in total. The van der Waals surface area contributed by atoms with Gasteiger partial charge < -0.3 is 9.32 Å². The van der Waals surface area contributed by atoms with Crippen molar-refractivity contribution in [2.45, 2.75) is 33.6 Å². The minimum atomic E-state index is 0.459. The summed E-state index contributed by atoms with van der Waals surface area (Å²) in [6.45, 7) is 8.43. The average Bonchev–Trinajstić information content (AvgIpc) is 3.24. The van der Waals surface area contributed by atoms with Crippen LogP contribution in [0, 0.1) is 11.3 Å². The van der Waals surface area contributed by atoms with Crippen LogP contribution in [0.5, 0.6) is 0 Å².